The Labute approximate surface area is 123 Å². The van der Waals surface area contributed by atoms with Crippen LogP contribution >= 0.6 is 23.2 Å². The van der Waals surface area contributed by atoms with Crippen molar-refractivity contribution >= 4 is 23.2 Å². The van der Waals surface area contributed by atoms with E-state index >= 15 is 0 Å². The van der Waals surface area contributed by atoms with Crippen LogP contribution in [0.5, 0.6) is 0 Å². The van der Waals surface area contributed by atoms with Gasteiger partial charge in [-0.05, 0) is 48.2 Å². The molecule has 0 aromatic heterocycles. The van der Waals surface area contributed by atoms with Crippen molar-refractivity contribution in [2.45, 2.75) is 19.3 Å². The number of rotatable bonds is 2. The Bertz CT molecular complexity index is 649. The molecule has 0 saturated heterocycles. The van der Waals surface area contributed by atoms with Crippen molar-refractivity contribution in [2.24, 2.45) is 5.73 Å². The summed E-state index contributed by atoms with van der Waals surface area (Å²) in [4.78, 5) is 0. The molecule has 1 atom stereocenters. The second-order valence-electron chi connectivity index (χ2n) is 4.99. The number of halogens is 2. The molecule has 2 aromatic rings. The van der Waals surface area contributed by atoms with Crippen LogP contribution in [-0.2, 0) is 0 Å². The first-order valence-corrected chi connectivity index (χ1v) is 7.18. The molecule has 0 heterocycles. The normalized spacial score (nSPS) is 16.3. The Kier molecular flexibility index (Phi) is 3.30. The SMILES string of the molecule is Cc1cccc2c1-c1c(ccc(Cl)c1Cl)C2CCN. The molecule has 3 heteroatoms. The van der Waals surface area contributed by atoms with Gasteiger partial charge in [0.15, 0.2) is 0 Å². The maximum absolute atomic E-state index is 6.44. The summed E-state index contributed by atoms with van der Waals surface area (Å²) in [6.45, 7) is 2.78. The molecule has 0 amide bonds. The van der Waals surface area contributed by atoms with Gasteiger partial charge in [0.2, 0.25) is 0 Å². The van der Waals surface area contributed by atoms with Gasteiger partial charge in [-0.25, -0.2) is 0 Å². The highest BCUT2D eigenvalue weighted by atomic mass is 35.5. The molecule has 0 aliphatic heterocycles. The summed E-state index contributed by atoms with van der Waals surface area (Å²) in [5.41, 5.74) is 11.9. The molecule has 1 nitrogen and oxygen atoms in total. The Hall–Kier alpha value is -1.02. The molecule has 0 spiro atoms. The Morgan fingerprint density at radius 1 is 1.05 bits per heavy atom. The molecule has 2 aromatic carbocycles. The zero-order chi connectivity index (χ0) is 13.6. The number of nitrogens with two attached hydrogens (primary N) is 1. The standard InChI is InChI=1S/C16H15Cl2N/c1-9-3-2-4-11-10(7-8-19)12-5-6-13(17)16(18)15(12)14(9)11/h2-6,10H,7-8,19H2,1H3. The second-order valence-corrected chi connectivity index (χ2v) is 5.78. The lowest BCUT2D eigenvalue weighted by molar-refractivity contribution is 0.741. The Morgan fingerprint density at radius 3 is 2.53 bits per heavy atom. The van der Waals surface area contributed by atoms with Crippen LogP contribution in [0, 0.1) is 6.92 Å². The van der Waals surface area contributed by atoms with Crippen LogP contribution in [0.4, 0.5) is 0 Å². The molecule has 0 fully saturated rings. The fourth-order valence-electron chi connectivity index (χ4n) is 3.08. The molecule has 1 aliphatic rings. The van der Waals surface area contributed by atoms with Crippen LogP contribution in [0.1, 0.15) is 29.0 Å². The fourth-order valence-corrected chi connectivity index (χ4v) is 3.50. The second kappa shape index (κ2) is 4.82. The van der Waals surface area contributed by atoms with E-state index in [2.05, 4.69) is 31.2 Å². The summed E-state index contributed by atoms with van der Waals surface area (Å²) >= 11 is 12.6. The first-order chi connectivity index (χ1) is 9.15. The summed E-state index contributed by atoms with van der Waals surface area (Å²) in [5.74, 6) is 0.338. The minimum absolute atomic E-state index is 0.338. The van der Waals surface area contributed by atoms with Crippen molar-refractivity contribution in [3.05, 3.63) is 57.1 Å². The van der Waals surface area contributed by atoms with Crippen molar-refractivity contribution in [3.63, 3.8) is 0 Å². The van der Waals surface area contributed by atoms with Gasteiger partial charge in [0.25, 0.3) is 0 Å². The van der Waals surface area contributed by atoms with Gasteiger partial charge in [-0.15, -0.1) is 0 Å². The number of hydrogen-bond acceptors (Lipinski definition) is 1. The highest BCUT2D eigenvalue weighted by Crippen LogP contribution is 2.51. The van der Waals surface area contributed by atoms with Crippen molar-refractivity contribution in [3.8, 4) is 11.1 Å². The molecule has 98 valence electrons. The van der Waals surface area contributed by atoms with Crippen LogP contribution < -0.4 is 5.73 Å². The molecule has 3 rings (SSSR count). The van der Waals surface area contributed by atoms with E-state index in [0.29, 0.717) is 22.5 Å². The van der Waals surface area contributed by atoms with E-state index in [1.807, 2.05) is 6.07 Å². The van der Waals surface area contributed by atoms with Gasteiger partial charge >= 0.3 is 0 Å². The summed E-state index contributed by atoms with van der Waals surface area (Å²) in [6.07, 6.45) is 0.932. The lowest BCUT2D eigenvalue weighted by Crippen LogP contribution is -2.06. The predicted octanol–water partition coefficient (Wildman–Crippen LogP) is 4.76. The summed E-state index contributed by atoms with van der Waals surface area (Å²) in [6, 6.07) is 10.4. The van der Waals surface area contributed by atoms with Gasteiger partial charge in [-0.1, -0.05) is 47.5 Å². The lowest BCUT2D eigenvalue weighted by atomic mass is 9.93. The Balaban J connectivity index is 2.34. The summed E-state index contributed by atoms with van der Waals surface area (Å²) in [7, 11) is 0. The smallest absolute Gasteiger partial charge is 0.0673 e. The molecular formula is C16H15Cl2N. The predicted molar refractivity (Wildman–Crippen MR) is 82.1 cm³/mol. The van der Waals surface area contributed by atoms with Crippen molar-refractivity contribution in [1.29, 1.82) is 0 Å². The first-order valence-electron chi connectivity index (χ1n) is 6.43. The minimum Gasteiger partial charge on any atom is -0.330 e. The third-order valence-electron chi connectivity index (χ3n) is 3.89. The van der Waals surface area contributed by atoms with Crippen LogP contribution in [0.25, 0.3) is 11.1 Å². The zero-order valence-electron chi connectivity index (χ0n) is 10.7. The van der Waals surface area contributed by atoms with E-state index in [9.17, 15) is 0 Å². The van der Waals surface area contributed by atoms with Gasteiger partial charge in [-0.3, -0.25) is 0 Å². The zero-order valence-corrected chi connectivity index (χ0v) is 12.2. The minimum atomic E-state index is 0.338. The Morgan fingerprint density at radius 2 is 1.79 bits per heavy atom. The number of aryl methyl sites for hydroxylation is 1. The number of hydrogen-bond donors (Lipinski definition) is 1. The van der Waals surface area contributed by atoms with Gasteiger partial charge in [0, 0.05) is 11.5 Å². The highest BCUT2D eigenvalue weighted by molar-refractivity contribution is 6.44. The third kappa shape index (κ3) is 1.88. The highest BCUT2D eigenvalue weighted by Gasteiger charge is 2.31. The average molecular weight is 292 g/mol. The van der Waals surface area contributed by atoms with E-state index in [0.717, 1.165) is 12.0 Å². The molecule has 0 radical (unpaired) electrons. The number of benzene rings is 2. The van der Waals surface area contributed by atoms with Gasteiger partial charge in [0.1, 0.15) is 0 Å². The monoisotopic (exact) mass is 291 g/mol. The molecule has 1 unspecified atom stereocenters. The third-order valence-corrected chi connectivity index (χ3v) is 4.69. The van der Waals surface area contributed by atoms with Crippen molar-refractivity contribution in [1.82, 2.24) is 0 Å². The maximum atomic E-state index is 6.44. The molecule has 0 bridgehead atoms. The largest absolute Gasteiger partial charge is 0.330 e. The fraction of sp³-hybridized carbons (Fsp3) is 0.250. The lowest BCUT2D eigenvalue weighted by Gasteiger charge is -2.12. The van der Waals surface area contributed by atoms with Gasteiger partial charge in [0.05, 0.1) is 10.0 Å². The van der Waals surface area contributed by atoms with Crippen molar-refractivity contribution in [2.75, 3.05) is 6.54 Å². The van der Waals surface area contributed by atoms with Crippen LogP contribution in [0.15, 0.2) is 30.3 Å². The maximum Gasteiger partial charge on any atom is 0.0673 e. The molecule has 19 heavy (non-hydrogen) atoms. The summed E-state index contributed by atoms with van der Waals surface area (Å²) in [5, 5.41) is 1.28. The molecule has 1 aliphatic carbocycles. The van der Waals surface area contributed by atoms with Crippen LogP contribution in [0.3, 0.4) is 0 Å². The molecule has 2 N–H and O–H groups in total. The van der Waals surface area contributed by atoms with Crippen LogP contribution in [0.2, 0.25) is 10.0 Å². The van der Waals surface area contributed by atoms with E-state index < -0.39 is 0 Å². The van der Waals surface area contributed by atoms with Crippen LogP contribution in [-0.4, -0.2) is 6.54 Å². The topological polar surface area (TPSA) is 26.0 Å². The first kappa shape index (κ1) is 13.0. The van der Waals surface area contributed by atoms with E-state index in [4.69, 9.17) is 28.9 Å². The van der Waals surface area contributed by atoms with E-state index in [-0.39, 0.29) is 0 Å². The number of fused-ring (bicyclic) bond motifs is 3. The van der Waals surface area contributed by atoms with Gasteiger partial charge < -0.3 is 5.73 Å². The summed E-state index contributed by atoms with van der Waals surface area (Å²) < 4.78 is 0. The molecule has 0 saturated carbocycles. The quantitative estimate of drug-likeness (QED) is 0.848. The van der Waals surface area contributed by atoms with Gasteiger partial charge in [-0.2, -0.15) is 0 Å². The average Bonchev–Trinajstić information content (AvgIpc) is 2.71. The molecular weight excluding hydrogens is 277 g/mol. The van der Waals surface area contributed by atoms with Crippen molar-refractivity contribution < 1.29 is 0 Å². The van der Waals surface area contributed by atoms with E-state index in [1.54, 1.807) is 0 Å². The van der Waals surface area contributed by atoms with E-state index in [1.165, 1.54) is 22.3 Å².